The van der Waals surface area contributed by atoms with Crippen molar-refractivity contribution in [3.05, 3.63) is 95.7 Å². The lowest BCUT2D eigenvalue weighted by Gasteiger charge is -2.16. The quantitative estimate of drug-likeness (QED) is 0.691. The molecule has 0 radical (unpaired) electrons. The van der Waals surface area contributed by atoms with Gasteiger partial charge in [0.05, 0.1) is 12.8 Å². The Hall–Kier alpha value is -2.39. The van der Waals surface area contributed by atoms with Crippen molar-refractivity contribution >= 4 is 0 Å². The van der Waals surface area contributed by atoms with Gasteiger partial charge in [0, 0.05) is 17.9 Å². The fourth-order valence-corrected chi connectivity index (χ4v) is 3.06. The lowest BCUT2D eigenvalue weighted by Crippen LogP contribution is -2.84. The Morgan fingerprint density at radius 3 is 2.33 bits per heavy atom. The topological polar surface area (TPSA) is 29.8 Å². The standard InChI is InChI=1S/C21H22FNO/c1-16(17-6-3-2-4-7-17)23-14-13-20(21-8-5-15-24-21)18-9-11-19(22)12-10-18/h2-12,15-16,20,23H,13-14H2,1H3/p+1/t16-,20-/m0/s1. The van der Waals surface area contributed by atoms with E-state index in [-0.39, 0.29) is 11.7 Å². The Labute approximate surface area is 142 Å². The van der Waals surface area contributed by atoms with Crippen molar-refractivity contribution < 1.29 is 14.1 Å². The molecular formula is C21H23FNO+. The van der Waals surface area contributed by atoms with Gasteiger partial charge in [-0.15, -0.1) is 0 Å². The molecule has 0 amide bonds. The Bertz CT molecular complexity index is 722. The van der Waals surface area contributed by atoms with Gasteiger partial charge in [0.15, 0.2) is 0 Å². The van der Waals surface area contributed by atoms with E-state index in [0.29, 0.717) is 6.04 Å². The molecule has 0 bridgehead atoms. The van der Waals surface area contributed by atoms with Crippen molar-refractivity contribution in [3.8, 4) is 0 Å². The van der Waals surface area contributed by atoms with Gasteiger partial charge in [-0.25, -0.2) is 4.39 Å². The Balaban J connectivity index is 1.66. The lowest BCUT2D eigenvalue weighted by atomic mass is 9.93. The maximum absolute atomic E-state index is 13.2. The van der Waals surface area contributed by atoms with E-state index in [4.69, 9.17) is 4.42 Å². The van der Waals surface area contributed by atoms with Gasteiger partial charge in [-0.1, -0.05) is 42.5 Å². The third-order valence-corrected chi connectivity index (χ3v) is 4.46. The van der Waals surface area contributed by atoms with E-state index in [1.807, 2.05) is 30.3 Å². The van der Waals surface area contributed by atoms with Crippen LogP contribution in [0.15, 0.2) is 77.4 Å². The molecule has 0 aliphatic heterocycles. The smallest absolute Gasteiger partial charge is 0.123 e. The summed E-state index contributed by atoms with van der Waals surface area (Å²) >= 11 is 0. The fourth-order valence-electron chi connectivity index (χ4n) is 3.06. The second-order valence-corrected chi connectivity index (χ2v) is 6.13. The molecule has 24 heavy (non-hydrogen) atoms. The van der Waals surface area contributed by atoms with Crippen molar-refractivity contribution in [2.45, 2.75) is 25.3 Å². The van der Waals surface area contributed by atoms with Crippen LogP contribution in [0.1, 0.15) is 42.2 Å². The molecule has 3 rings (SSSR count). The number of halogens is 1. The van der Waals surface area contributed by atoms with Crippen molar-refractivity contribution in [1.82, 2.24) is 0 Å². The Morgan fingerprint density at radius 1 is 0.917 bits per heavy atom. The van der Waals surface area contributed by atoms with Gasteiger partial charge in [0.2, 0.25) is 0 Å². The predicted octanol–water partition coefficient (Wildman–Crippen LogP) is 4.27. The van der Waals surface area contributed by atoms with Gasteiger partial charge in [-0.3, -0.25) is 0 Å². The first kappa shape index (κ1) is 16.5. The highest BCUT2D eigenvalue weighted by molar-refractivity contribution is 5.27. The van der Waals surface area contributed by atoms with E-state index in [1.54, 1.807) is 6.26 Å². The molecule has 1 aromatic heterocycles. The summed E-state index contributed by atoms with van der Waals surface area (Å²) in [6.07, 6.45) is 2.64. The first-order chi connectivity index (χ1) is 11.7. The molecule has 0 spiro atoms. The molecule has 124 valence electrons. The van der Waals surface area contributed by atoms with Crippen molar-refractivity contribution in [3.63, 3.8) is 0 Å². The Morgan fingerprint density at radius 2 is 1.67 bits per heavy atom. The average molecular weight is 324 g/mol. The van der Waals surface area contributed by atoms with Crippen LogP contribution < -0.4 is 5.32 Å². The molecule has 0 aliphatic carbocycles. The van der Waals surface area contributed by atoms with Gasteiger partial charge >= 0.3 is 0 Å². The van der Waals surface area contributed by atoms with Crippen LogP contribution in [-0.4, -0.2) is 6.54 Å². The molecule has 2 N–H and O–H groups in total. The van der Waals surface area contributed by atoms with Crippen LogP contribution in [0.4, 0.5) is 4.39 Å². The van der Waals surface area contributed by atoms with Crippen LogP contribution in [0, 0.1) is 5.82 Å². The van der Waals surface area contributed by atoms with Crippen molar-refractivity contribution in [2.75, 3.05) is 6.54 Å². The Kier molecular flexibility index (Phi) is 5.44. The zero-order valence-electron chi connectivity index (χ0n) is 13.9. The third kappa shape index (κ3) is 4.12. The van der Waals surface area contributed by atoms with E-state index < -0.39 is 0 Å². The number of rotatable bonds is 7. The minimum Gasteiger partial charge on any atom is -0.469 e. The SMILES string of the molecule is C[C@H]([NH2+]CC[C@@H](c1ccc(F)cc1)c1ccco1)c1ccccc1. The van der Waals surface area contributed by atoms with Gasteiger partial charge in [-0.05, 0) is 36.8 Å². The summed E-state index contributed by atoms with van der Waals surface area (Å²) in [5.41, 5.74) is 2.42. The van der Waals surface area contributed by atoms with Crippen molar-refractivity contribution in [2.24, 2.45) is 0 Å². The number of quaternary nitrogens is 1. The van der Waals surface area contributed by atoms with Crippen LogP contribution >= 0.6 is 0 Å². The zero-order chi connectivity index (χ0) is 16.8. The van der Waals surface area contributed by atoms with Gasteiger partial charge in [0.1, 0.15) is 17.6 Å². The molecule has 2 nitrogen and oxygen atoms in total. The largest absolute Gasteiger partial charge is 0.469 e. The first-order valence-electron chi connectivity index (χ1n) is 8.41. The summed E-state index contributed by atoms with van der Waals surface area (Å²) in [6.45, 7) is 3.19. The second kappa shape index (κ2) is 7.93. The van der Waals surface area contributed by atoms with Gasteiger partial charge in [0.25, 0.3) is 0 Å². The van der Waals surface area contributed by atoms with E-state index in [2.05, 4.69) is 36.5 Å². The summed E-state index contributed by atoms with van der Waals surface area (Å²) in [4.78, 5) is 0. The van der Waals surface area contributed by atoms with Gasteiger partial charge in [-0.2, -0.15) is 0 Å². The van der Waals surface area contributed by atoms with Crippen molar-refractivity contribution in [1.29, 1.82) is 0 Å². The highest BCUT2D eigenvalue weighted by atomic mass is 19.1. The van der Waals surface area contributed by atoms with Crippen LogP contribution in [0.5, 0.6) is 0 Å². The number of nitrogens with two attached hydrogens (primary N) is 1. The second-order valence-electron chi connectivity index (χ2n) is 6.13. The molecule has 1 heterocycles. The average Bonchev–Trinajstić information content (AvgIpc) is 3.15. The zero-order valence-corrected chi connectivity index (χ0v) is 13.9. The molecule has 0 fully saturated rings. The van der Waals surface area contributed by atoms with E-state index >= 15 is 0 Å². The fraction of sp³-hybridized carbons (Fsp3) is 0.238. The molecular weight excluding hydrogens is 301 g/mol. The summed E-state index contributed by atoms with van der Waals surface area (Å²) in [7, 11) is 0. The summed E-state index contributed by atoms with van der Waals surface area (Å²) in [5, 5.41) is 2.34. The van der Waals surface area contributed by atoms with Crippen LogP contribution in [-0.2, 0) is 0 Å². The van der Waals surface area contributed by atoms with Gasteiger partial charge < -0.3 is 9.73 Å². The molecule has 2 aromatic carbocycles. The van der Waals surface area contributed by atoms with E-state index in [1.165, 1.54) is 17.7 Å². The maximum atomic E-state index is 13.2. The number of furan rings is 1. The molecule has 0 saturated carbocycles. The van der Waals surface area contributed by atoms with E-state index in [9.17, 15) is 4.39 Å². The summed E-state index contributed by atoms with van der Waals surface area (Å²) in [5.74, 6) is 0.878. The molecule has 0 unspecified atom stereocenters. The minimum atomic E-state index is -0.207. The number of benzene rings is 2. The molecule has 0 saturated heterocycles. The first-order valence-corrected chi connectivity index (χ1v) is 8.41. The number of hydrogen-bond acceptors (Lipinski definition) is 1. The van der Waals surface area contributed by atoms with E-state index in [0.717, 1.165) is 24.3 Å². The number of hydrogen-bond donors (Lipinski definition) is 1. The molecule has 3 aromatic rings. The van der Waals surface area contributed by atoms with Crippen LogP contribution in [0.2, 0.25) is 0 Å². The van der Waals surface area contributed by atoms with Crippen LogP contribution in [0.25, 0.3) is 0 Å². The lowest BCUT2D eigenvalue weighted by molar-refractivity contribution is -0.693. The monoisotopic (exact) mass is 324 g/mol. The summed E-state index contributed by atoms with van der Waals surface area (Å²) < 4.78 is 18.8. The normalized spacial score (nSPS) is 13.6. The third-order valence-electron chi connectivity index (χ3n) is 4.46. The highest BCUT2D eigenvalue weighted by Gasteiger charge is 2.18. The molecule has 2 atom stereocenters. The molecule has 3 heteroatoms. The molecule has 0 aliphatic rings. The summed E-state index contributed by atoms with van der Waals surface area (Å²) in [6, 6.07) is 21.5. The maximum Gasteiger partial charge on any atom is 0.123 e. The minimum absolute atomic E-state index is 0.153. The van der Waals surface area contributed by atoms with Crippen LogP contribution in [0.3, 0.4) is 0 Å². The highest BCUT2D eigenvalue weighted by Crippen LogP contribution is 2.28. The predicted molar refractivity (Wildman–Crippen MR) is 93.2 cm³/mol.